The van der Waals surface area contributed by atoms with E-state index < -0.39 is 0 Å². The van der Waals surface area contributed by atoms with Crippen LogP contribution >= 0.6 is 11.3 Å². The number of nitrogens with two attached hydrogens (primary N) is 1. The largest absolute Gasteiger partial charge is 0.402 e. The molecule has 2 N–H and O–H groups in total. The van der Waals surface area contributed by atoms with E-state index in [0.717, 1.165) is 18.5 Å². The van der Waals surface area contributed by atoms with Crippen LogP contribution in [0.2, 0.25) is 0 Å². The zero-order valence-electron chi connectivity index (χ0n) is 10.6. The highest BCUT2D eigenvalue weighted by molar-refractivity contribution is 7.13. The molecule has 2 rings (SSSR count). The van der Waals surface area contributed by atoms with Crippen molar-refractivity contribution in [3.05, 3.63) is 39.2 Å². The van der Waals surface area contributed by atoms with Crippen molar-refractivity contribution >= 4 is 16.9 Å². The summed E-state index contributed by atoms with van der Waals surface area (Å²) in [4.78, 5) is 2.77. The first-order chi connectivity index (χ1) is 7.66. The second kappa shape index (κ2) is 5.90. The Hall–Kier alpha value is -1.02. The maximum Gasteiger partial charge on any atom is 0.0305 e. The van der Waals surface area contributed by atoms with Crippen molar-refractivity contribution in [3.63, 3.8) is 0 Å². The van der Waals surface area contributed by atoms with Crippen LogP contribution in [0.3, 0.4) is 0 Å². The van der Waals surface area contributed by atoms with Gasteiger partial charge in [-0.3, -0.25) is 0 Å². The van der Waals surface area contributed by atoms with Gasteiger partial charge in [-0.15, -0.1) is 11.3 Å². The van der Waals surface area contributed by atoms with Crippen LogP contribution in [-0.2, 0) is 0 Å². The van der Waals surface area contributed by atoms with Gasteiger partial charge in [0.15, 0.2) is 0 Å². The van der Waals surface area contributed by atoms with Crippen molar-refractivity contribution in [2.24, 2.45) is 5.73 Å². The highest BCUT2D eigenvalue weighted by atomic mass is 32.1. The summed E-state index contributed by atoms with van der Waals surface area (Å²) in [6.45, 7) is 8.24. The van der Waals surface area contributed by atoms with E-state index in [0.29, 0.717) is 0 Å². The summed E-state index contributed by atoms with van der Waals surface area (Å²) in [6, 6.07) is 4.39. The van der Waals surface area contributed by atoms with E-state index in [9.17, 15) is 0 Å². The van der Waals surface area contributed by atoms with E-state index in [1.807, 2.05) is 25.2 Å². The lowest BCUT2D eigenvalue weighted by Gasteiger charge is -2.14. The van der Waals surface area contributed by atoms with Crippen molar-refractivity contribution in [1.29, 1.82) is 0 Å². The summed E-state index contributed by atoms with van der Waals surface area (Å²) in [7, 11) is 0. The molecule has 0 saturated carbocycles. The standard InChI is InChI=1S/C12H15NS.C2H6/c1-8-7-10(4-5-11(8)13)12-6-3-9(2)14-12;1-2/h3,6-7H,4-5,13H2,1-2H3;1-2H3. The maximum absolute atomic E-state index is 5.86. The normalized spacial score (nSPS) is 15.4. The summed E-state index contributed by atoms with van der Waals surface area (Å²) in [6.07, 6.45) is 4.32. The Morgan fingerprint density at radius 1 is 1.12 bits per heavy atom. The lowest BCUT2D eigenvalue weighted by Crippen LogP contribution is -2.04. The summed E-state index contributed by atoms with van der Waals surface area (Å²) in [5.74, 6) is 0. The van der Waals surface area contributed by atoms with Crippen LogP contribution in [0.25, 0.3) is 5.57 Å². The molecule has 0 unspecified atom stereocenters. The Morgan fingerprint density at radius 3 is 2.31 bits per heavy atom. The van der Waals surface area contributed by atoms with Gasteiger partial charge >= 0.3 is 0 Å². The van der Waals surface area contributed by atoms with Crippen LogP contribution in [0.5, 0.6) is 0 Å². The van der Waals surface area contributed by atoms with Gasteiger partial charge in [0.1, 0.15) is 0 Å². The smallest absolute Gasteiger partial charge is 0.0305 e. The summed E-state index contributed by atoms with van der Waals surface area (Å²) in [5.41, 5.74) is 9.58. The SMILES string of the molecule is CC.CC1=C(N)CCC(c2ccc(C)s2)=C1. The minimum Gasteiger partial charge on any atom is -0.402 e. The molecule has 0 amide bonds. The Bertz CT molecular complexity index is 410. The molecule has 0 atom stereocenters. The molecule has 1 aromatic heterocycles. The molecule has 0 spiro atoms. The first kappa shape index (κ1) is 13.0. The van der Waals surface area contributed by atoms with Gasteiger partial charge in [0.25, 0.3) is 0 Å². The molecule has 1 aliphatic carbocycles. The van der Waals surface area contributed by atoms with Crippen molar-refractivity contribution in [2.75, 3.05) is 0 Å². The van der Waals surface area contributed by atoms with Crippen LogP contribution in [0.1, 0.15) is 43.4 Å². The molecule has 1 aliphatic rings. The minimum absolute atomic E-state index is 1.01. The van der Waals surface area contributed by atoms with Gasteiger partial charge in [-0.05, 0) is 50.0 Å². The predicted molar refractivity (Wildman–Crippen MR) is 74.5 cm³/mol. The lowest BCUT2D eigenvalue weighted by atomic mass is 9.97. The number of aryl methyl sites for hydroxylation is 1. The van der Waals surface area contributed by atoms with Gasteiger partial charge in [0.2, 0.25) is 0 Å². The molecule has 0 radical (unpaired) electrons. The van der Waals surface area contributed by atoms with E-state index in [-0.39, 0.29) is 0 Å². The molecule has 16 heavy (non-hydrogen) atoms. The number of rotatable bonds is 1. The molecule has 2 heteroatoms. The monoisotopic (exact) mass is 235 g/mol. The van der Waals surface area contributed by atoms with Crippen molar-refractivity contribution in [1.82, 2.24) is 0 Å². The van der Waals surface area contributed by atoms with Crippen LogP contribution in [0, 0.1) is 6.92 Å². The zero-order chi connectivity index (χ0) is 12.1. The molecule has 0 saturated heterocycles. The lowest BCUT2D eigenvalue weighted by molar-refractivity contribution is 0.938. The van der Waals surface area contributed by atoms with Gasteiger partial charge in [-0.1, -0.05) is 19.9 Å². The molecule has 0 fully saturated rings. The number of hydrogen-bond donors (Lipinski definition) is 1. The second-order valence-electron chi connectivity index (χ2n) is 3.79. The minimum atomic E-state index is 1.01. The zero-order valence-corrected chi connectivity index (χ0v) is 11.4. The van der Waals surface area contributed by atoms with E-state index in [1.165, 1.54) is 20.9 Å². The second-order valence-corrected chi connectivity index (χ2v) is 5.08. The number of hydrogen-bond acceptors (Lipinski definition) is 2. The Morgan fingerprint density at radius 2 is 1.81 bits per heavy atom. The van der Waals surface area contributed by atoms with Crippen molar-refractivity contribution in [2.45, 2.75) is 40.5 Å². The third-order valence-electron chi connectivity index (χ3n) is 2.62. The Balaban J connectivity index is 0.000000606. The molecule has 1 aromatic rings. The summed E-state index contributed by atoms with van der Waals surface area (Å²) < 4.78 is 0. The van der Waals surface area contributed by atoms with Crippen LogP contribution < -0.4 is 5.73 Å². The highest BCUT2D eigenvalue weighted by Gasteiger charge is 2.10. The van der Waals surface area contributed by atoms with Crippen molar-refractivity contribution < 1.29 is 0 Å². The first-order valence-electron chi connectivity index (χ1n) is 5.89. The summed E-state index contributed by atoms with van der Waals surface area (Å²) >= 11 is 1.87. The molecular formula is C14H21NS. The topological polar surface area (TPSA) is 26.0 Å². The first-order valence-corrected chi connectivity index (χ1v) is 6.71. The average Bonchev–Trinajstić information content (AvgIpc) is 2.72. The van der Waals surface area contributed by atoms with Gasteiger partial charge in [-0.25, -0.2) is 0 Å². The fourth-order valence-corrected chi connectivity index (χ4v) is 2.61. The molecule has 1 heterocycles. The highest BCUT2D eigenvalue weighted by Crippen LogP contribution is 2.32. The number of allylic oxidation sites excluding steroid dienone is 4. The van der Waals surface area contributed by atoms with E-state index in [4.69, 9.17) is 5.73 Å². The molecule has 0 aliphatic heterocycles. The fraction of sp³-hybridized carbons (Fsp3) is 0.429. The third kappa shape index (κ3) is 2.99. The quantitative estimate of drug-likeness (QED) is 0.762. The Kier molecular flexibility index (Phi) is 4.81. The van der Waals surface area contributed by atoms with Gasteiger partial charge in [0, 0.05) is 15.5 Å². The third-order valence-corrected chi connectivity index (χ3v) is 3.69. The van der Waals surface area contributed by atoms with Gasteiger partial charge in [0.05, 0.1) is 0 Å². The van der Waals surface area contributed by atoms with Gasteiger partial charge < -0.3 is 5.73 Å². The van der Waals surface area contributed by atoms with Crippen LogP contribution in [0.4, 0.5) is 0 Å². The Labute approximate surface area is 103 Å². The number of thiophene rings is 1. The fourth-order valence-electron chi connectivity index (χ4n) is 1.69. The van der Waals surface area contributed by atoms with Crippen molar-refractivity contribution in [3.8, 4) is 0 Å². The van der Waals surface area contributed by atoms with Crippen LogP contribution in [0.15, 0.2) is 29.5 Å². The predicted octanol–water partition coefficient (Wildman–Crippen LogP) is 4.49. The maximum atomic E-state index is 5.86. The molecule has 0 bridgehead atoms. The molecule has 88 valence electrons. The van der Waals surface area contributed by atoms with E-state index >= 15 is 0 Å². The summed E-state index contributed by atoms with van der Waals surface area (Å²) in [5, 5.41) is 0. The van der Waals surface area contributed by atoms with E-state index in [2.05, 4.69) is 32.1 Å². The van der Waals surface area contributed by atoms with Gasteiger partial charge in [-0.2, -0.15) is 0 Å². The molecular weight excluding hydrogens is 214 g/mol. The average molecular weight is 235 g/mol. The van der Waals surface area contributed by atoms with Crippen LogP contribution in [-0.4, -0.2) is 0 Å². The molecule has 0 aromatic carbocycles. The molecule has 1 nitrogen and oxygen atoms in total. The van der Waals surface area contributed by atoms with E-state index in [1.54, 1.807) is 0 Å².